The molecule has 1 aromatic heterocycles. The summed E-state index contributed by atoms with van der Waals surface area (Å²) in [5.74, 6) is 0.601. The Morgan fingerprint density at radius 3 is 2.50 bits per heavy atom. The Morgan fingerprint density at radius 2 is 1.94 bits per heavy atom. The van der Waals surface area contributed by atoms with Crippen molar-refractivity contribution in [1.82, 2.24) is 9.97 Å². The van der Waals surface area contributed by atoms with Crippen LogP contribution in [0.2, 0.25) is 0 Å². The zero-order valence-electron chi connectivity index (χ0n) is 18.9. The molecule has 3 rings (SSSR count). The molecule has 2 aromatic rings. The molecular weight excluding hydrogens is 436 g/mol. The number of carbonyl (C=O) groups is 1. The van der Waals surface area contributed by atoms with Crippen molar-refractivity contribution in [2.75, 3.05) is 24.7 Å². The van der Waals surface area contributed by atoms with Gasteiger partial charge >= 0.3 is 0 Å². The van der Waals surface area contributed by atoms with E-state index in [-0.39, 0.29) is 23.8 Å². The standard InChI is InChI=1S/C19H20F2N4O2S.C2H6.CH5N/c1-19(2,9-27)25-18-23-15(10-4-3-5-11(6-10)16(20)21)13-14(22)12(7-26)8-28-17(13)24-18;2*1-2/h3-7,16,27H,8-9,22H2,1-2H3,(H,23,24,25);1-2H3;2H2,1H3. The first-order valence-electron chi connectivity index (χ1n) is 10.1. The van der Waals surface area contributed by atoms with Gasteiger partial charge in [-0.3, -0.25) is 4.79 Å². The monoisotopic (exact) mass is 467 g/mol. The van der Waals surface area contributed by atoms with Crippen LogP contribution in [0.4, 0.5) is 14.7 Å². The number of rotatable bonds is 6. The van der Waals surface area contributed by atoms with Crippen molar-refractivity contribution in [3.05, 3.63) is 41.0 Å². The number of fused-ring (bicyclic) bond motifs is 1. The SMILES string of the molecule is CC.CC(C)(CO)Nc1nc2c(c(-c3cccc(C(F)F)c3)n1)C(N)=C(C=O)CS2.CN. The van der Waals surface area contributed by atoms with Gasteiger partial charge in [-0.15, -0.1) is 11.8 Å². The Bertz CT molecular complexity index is 952. The fraction of sp³-hybridized carbons (Fsp3) is 0.409. The van der Waals surface area contributed by atoms with Gasteiger partial charge in [0.05, 0.1) is 29.1 Å². The Balaban J connectivity index is 0.00000121. The topological polar surface area (TPSA) is 127 Å². The summed E-state index contributed by atoms with van der Waals surface area (Å²) in [6.07, 6.45) is -1.94. The number of anilines is 1. The van der Waals surface area contributed by atoms with Crippen LogP contribution in [0.5, 0.6) is 0 Å². The minimum atomic E-state index is -2.63. The first-order chi connectivity index (χ1) is 15.3. The van der Waals surface area contributed by atoms with Crippen LogP contribution < -0.4 is 16.8 Å². The maximum atomic E-state index is 13.2. The van der Waals surface area contributed by atoms with Gasteiger partial charge in [0.25, 0.3) is 6.43 Å². The van der Waals surface area contributed by atoms with Crippen LogP contribution >= 0.6 is 11.8 Å². The van der Waals surface area contributed by atoms with E-state index in [1.54, 1.807) is 19.9 Å². The van der Waals surface area contributed by atoms with E-state index < -0.39 is 12.0 Å². The van der Waals surface area contributed by atoms with Crippen molar-refractivity contribution in [2.24, 2.45) is 11.5 Å². The van der Waals surface area contributed by atoms with Gasteiger partial charge in [-0.05, 0) is 27.0 Å². The second-order valence-corrected chi connectivity index (χ2v) is 7.98. The number of alkyl halides is 2. The average Bonchev–Trinajstić information content (AvgIpc) is 2.81. The smallest absolute Gasteiger partial charge is 0.263 e. The number of carbonyl (C=O) groups excluding carboxylic acids is 1. The van der Waals surface area contributed by atoms with Crippen molar-refractivity contribution >= 4 is 29.7 Å². The lowest BCUT2D eigenvalue weighted by Gasteiger charge is -2.26. The van der Waals surface area contributed by atoms with Crippen molar-refractivity contribution < 1.29 is 18.7 Å². The molecule has 0 aliphatic carbocycles. The van der Waals surface area contributed by atoms with E-state index in [1.165, 1.54) is 37.0 Å². The van der Waals surface area contributed by atoms with Crippen molar-refractivity contribution in [3.8, 4) is 11.3 Å². The molecule has 0 radical (unpaired) electrons. The van der Waals surface area contributed by atoms with Crippen LogP contribution in [0.15, 0.2) is 34.9 Å². The number of hydrogen-bond acceptors (Lipinski definition) is 8. The molecule has 1 aliphatic rings. The summed E-state index contributed by atoms with van der Waals surface area (Å²) in [6.45, 7) is 7.39. The van der Waals surface area contributed by atoms with Crippen LogP contribution in [0.25, 0.3) is 17.0 Å². The summed E-state index contributed by atoms with van der Waals surface area (Å²) < 4.78 is 26.4. The lowest BCUT2D eigenvalue weighted by Crippen LogP contribution is -2.36. The van der Waals surface area contributed by atoms with E-state index in [4.69, 9.17) is 5.73 Å². The van der Waals surface area contributed by atoms with E-state index in [9.17, 15) is 18.7 Å². The predicted molar refractivity (Wildman–Crippen MR) is 127 cm³/mol. The van der Waals surface area contributed by atoms with Crippen molar-refractivity contribution in [3.63, 3.8) is 0 Å². The second kappa shape index (κ2) is 12.5. The van der Waals surface area contributed by atoms with Gasteiger partial charge in [0.15, 0.2) is 0 Å². The van der Waals surface area contributed by atoms with Crippen LogP contribution in [0, 0.1) is 0 Å². The number of nitrogens with zero attached hydrogens (tertiary/aromatic N) is 2. The highest BCUT2D eigenvalue weighted by molar-refractivity contribution is 7.99. The summed E-state index contributed by atoms with van der Waals surface area (Å²) in [4.78, 5) is 20.3. The van der Waals surface area contributed by atoms with Crippen LogP contribution in [-0.2, 0) is 4.79 Å². The highest BCUT2D eigenvalue weighted by atomic mass is 32.2. The molecule has 0 amide bonds. The number of aldehydes is 1. The van der Waals surface area contributed by atoms with E-state index in [0.717, 1.165) is 0 Å². The molecule has 1 aromatic carbocycles. The molecule has 2 heterocycles. The van der Waals surface area contributed by atoms with Crippen molar-refractivity contribution in [2.45, 2.75) is 44.7 Å². The van der Waals surface area contributed by atoms with Gasteiger partial charge in [0.2, 0.25) is 5.95 Å². The molecule has 0 unspecified atom stereocenters. The number of benzene rings is 1. The molecule has 0 fully saturated rings. The number of hydrogen-bond donors (Lipinski definition) is 4. The molecule has 176 valence electrons. The first kappa shape index (κ1) is 27.5. The maximum Gasteiger partial charge on any atom is 0.263 e. The molecule has 1 aliphatic heterocycles. The summed E-state index contributed by atoms with van der Waals surface area (Å²) in [5.41, 5.74) is 11.8. The number of nitrogens with one attached hydrogen (secondary N) is 1. The van der Waals surface area contributed by atoms with E-state index >= 15 is 0 Å². The third-order valence-corrected chi connectivity index (χ3v) is 5.28. The third kappa shape index (κ3) is 6.47. The molecule has 32 heavy (non-hydrogen) atoms. The first-order valence-corrected chi connectivity index (χ1v) is 11.1. The molecule has 0 spiro atoms. The van der Waals surface area contributed by atoms with Gasteiger partial charge in [-0.1, -0.05) is 32.0 Å². The van der Waals surface area contributed by atoms with E-state index in [2.05, 4.69) is 21.0 Å². The number of thioether (sulfide) groups is 1. The van der Waals surface area contributed by atoms with Gasteiger partial charge in [-0.25, -0.2) is 18.7 Å². The zero-order chi connectivity index (χ0) is 24.5. The molecule has 0 saturated carbocycles. The van der Waals surface area contributed by atoms with E-state index in [0.29, 0.717) is 39.5 Å². The van der Waals surface area contributed by atoms with Crippen LogP contribution in [0.3, 0.4) is 0 Å². The molecule has 0 bridgehead atoms. The Labute approximate surface area is 191 Å². The van der Waals surface area contributed by atoms with Crippen molar-refractivity contribution in [1.29, 1.82) is 0 Å². The Hall–Kier alpha value is -2.56. The van der Waals surface area contributed by atoms with Crippen LogP contribution in [-0.4, -0.2) is 46.3 Å². The number of aliphatic hydroxyl groups is 1. The van der Waals surface area contributed by atoms with E-state index in [1.807, 2.05) is 13.8 Å². The van der Waals surface area contributed by atoms with Gasteiger partial charge in [0, 0.05) is 22.5 Å². The highest BCUT2D eigenvalue weighted by Crippen LogP contribution is 2.40. The molecular formula is C22H31F2N5O2S. The maximum absolute atomic E-state index is 13.2. The molecule has 10 heteroatoms. The molecule has 6 N–H and O–H groups in total. The highest BCUT2D eigenvalue weighted by Gasteiger charge is 2.27. The number of nitrogens with two attached hydrogens (primary N) is 2. The Morgan fingerprint density at radius 1 is 1.28 bits per heavy atom. The molecule has 0 saturated heterocycles. The largest absolute Gasteiger partial charge is 0.398 e. The Kier molecular flexibility index (Phi) is 10.7. The number of halogens is 2. The summed E-state index contributed by atoms with van der Waals surface area (Å²) in [7, 11) is 1.50. The molecule has 7 nitrogen and oxygen atoms in total. The van der Waals surface area contributed by atoms with Crippen LogP contribution in [0.1, 0.15) is 45.2 Å². The minimum absolute atomic E-state index is 0.142. The lowest BCUT2D eigenvalue weighted by atomic mass is 10.0. The predicted octanol–water partition coefficient (Wildman–Crippen LogP) is 3.84. The zero-order valence-corrected chi connectivity index (χ0v) is 19.8. The summed E-state index contributed by atoms with van der Waals surface area (Å²) >= 11 is 1.32. The summed E-state index contributed by atoms with van der Waals surface area (Å²) in [6, 6.07) is 5.86. The fourth-order valence-corrected chi connectivity index (χ4v) is 3.72. The second-order valence-electron chi connectivity index (χ2n) is 7.01. The fourth-order valence-electron chi connectivity index (χ4n) is 2.70. The lowest BCUT2D eigenvalue weighted by molar-refractivity contribution is -0.104. The normalized spacial score (nSPS) is 12.8. The van der Waals surface area contributed by atoms with Gasteiger partial charge in [-0.2, -0.15) is 0 Å². The van der Waals surface area contributed by atoms with Gasteiger partial charge in [0.1, 0.15) is 11.3 Å². The summed E-state index contributed by atoms with van der Waals surface area (Å²) in [5, 5.41) is 13.1. The number of aromatic nitrogens is 2. The number of aliphatic hydroxyl groups excluding tert-OH is 1. The average molecular weight is 468 g/mol. The van der Waals surface area contributed by atoms with Gasteiger partial charge < -0.3 is 21.9 Å². The third-order valence-electron chi connectivity index (χ3n) is 4.26. The minimum Gasteiger partial charge on any atom is -0.398 e. The quantitative estimate of drug-likeness (QED) is 0.373. The molecule has 0 atom stereocenters.